The van der Waals surface area contributed by atoms with Gasteiger partial charge in [-0.25, -0.2) is 9.18 Å². The number of carbonyl (C=O) groups excluding carboxylic acids is 1. The second kappa shape index (κ2) is 11.3. The Morgan fingerprint density at radius 1 is 1.06 bits per heavy atom. The van der Waals surface area contributed by atoms with Gasteiger partial charge in [0.1, 0.15) is 16.5 Å². The summed E-state index contributed by atoms with van der Waals surface area (Å²) in [5.41, 5.74) is 1.28. The molecule has 3 aromatic carbocycles. The predicted octanol–water partition coefficient (Wildman–Crippen LogP) is 5.04. The molecule has 10 heteroatoms. The van der Waals surface area contributed by atoms with Crippen LogP contribution in [0.25, 0.3) is 0 Å². The molecule has 0 aromatic heterocycles. The number of benzene rings is 3. The van der Waals surface area contributed by atoms with Crippen LogP contribution in [0.3, 0.4) is 0 Å². The molecule has 33 heavy (non-hydrogen) atoms. The highest BCUT2D eigenvalue weighted by Gasteiger charge is 2.18. The summed E-state index contributed by atoms with van der Waals surface area (Å²) in [6.07, 6.45) is 0. The van der Waals surface area contributed by atoms with Crippen molar-refractivity contribution in [2.75, 3.05) is 25.6 Å². The van der Waals surface area contributed by atoms with Gasteiger partial charge in [-0.05, 0) is 60.2 Å². The SMILES string of the molecule is COCCN(Cc1cccc(OS(=O)(=O)c2ccc(F)cc2)c1)C(=O)Nc1cccc(Br)c1. The third kappa shape index (κ3) is 7.28. The van der Waals surface area contributed by atoms with Crippen LogP contribution < -0.4 is 9.50 Å². The van der Waals surface area contributed by atoms with Crippen molar-refractivity contribution in [3.8, 4) is 5.75 Å². The van der Waals surface area contributed by atoms with E-state index in [1.165, 1.54) is 17.0 Å². The Balaban J connectivity index is 1.74. The first-order valence-corrected chi connectivity index (χ1v) is 12.1. The van der Waals surface area contributed by atoms with Gasteiger partial charge in [-0.15, -0.1) is 0 Å². The highest BCUT2D eigenvalue weighted by Crippen LogP contribution is 2.22. The van der Waals surface area contributed by atoms with Crippen LogP contribution in [-0.4, -0.2) is 39.6 Å². The number of nitrogens with zero attached hydrogens (tertiary/aromatic N) is 1. The highest BCUT2D eigenvalue weighted by molar-refractivity contribution is 9.10. The lowest BCUT2D eigenvalue weighted by molar-refractivity contribution is 0.153. The summed E-state index contributed by atoms with van der Waals surface area (Å²) in [5, 5.41) is 2.83. The summed E-state index contributed by atoms with van der Waals surface area (Å²) in [4.78, 5) is 14.2. The van der Waals surface area contributed by atoms with E-state index in [0.29, 0.717) is 24.4 Å². The molecule has 3 rings (SSSR count). The fourth-order valence-corrected chi connectivity index (χ4v) is 4.24. The van der Waals surface area contributed by atoms with Crippen LogP contribution in [0, 0.1) is 5.82 Å². The fourth-order valence-electron chi connectivity index (χ4n) is 2.91. The Labute approximate surface area is 200 Å². The quantitative estimate of drug-likeness (QED) is 0.387. The summed E-state index contributed by atoms with van der Waals surface area (Å²) < 4.78 is 49.2. The van der Waals surface area contributed by atoms with E-state index in [1.807, 2.05) is 12.1 Å². The van der Waals surface area contributed by atoms with Crippen LogP contribution in [0.1, 0.15) is 5.56 Å². The van der Waals surface area contributed by atoms with Crippen molar-refractivity contribution < 1.29 is 26.5 Å². The highest BCUT2D eigenvalue weighted by atomic mass is 79.9. The number of hydrogen-bond donors (Lipinski definition) is 1. The maximum atomic E-state index is 13.1. The molecule has 0 atom stereocenters. The molecule has 0 aliphatic rings. The van der Waals surface area contributed by atoms with Crippen molar-refractivity contribution in [3.05, 3.63) is 88.6 Å². The lowest BCUT2D eigenvalue weighted by atomic mass is 10.2. The normalized spacial score (nSPS) is 11.1. The number of amides is 2. The molecule has 2 amide bonds. The number of rotatable bonds is 9. The van der Waals surface area contributed by atoms with Crippen LogP contribution >= 0.6 is 15.9 Å². The first-order chi connectivity index (χ1) is 15.8. The molecule has 0 saturated carbocycles. The van der Waals surface area contributed by atoms with Crippen molar-refractivity contribution in [3.63, 3.8) is 0 Å². The minimum atomic E-state index is -4.13. The maximum Gasteiger partial charge on any atom is 0.339 e. The van der Waals surface area contributed by atoms with Gasteiger partial charge in [-0.2, -0.15) is 8.42 Å². The molecule has 0 aliphatic heterocycles. The molecule has 174 valence electrons. The van der Waals surface area contributed by atoms with E-state index < -0.39 is 15.9 Å². The largest absolute Gasteiger partial charge is 0.383 e. The van der Waals surface area contributed by atoms with Crippen LogP contribution in [-0.2, 0) is 21.4 Å². The number of hydrogen-bond acceptors (Lipinski definition) is 5. The van der Waals surface area contributed by atoms with Gasteiger partial charge in [0.2, 0.25) is 0 Å². The molecule has 0 heterocycles. The number of carbonyl (C=O) groups is 1. The molecule has 0 bridgehead atoms. The third-order valence-corrected chi connectivity index (χ3v) is 6.26. The molecule has 0 unspecified atom stereocenters. The summed E-state index contributed by atoms with van der Waals surface area (Å²) in [6, 6.07) is 17.6. The molecule has 7 nitrogen and oxygen atoms in total. The lowest BCUT2D eigenvalue weighted by Crippen LogP contribution is -2.36. The Hall–Kier alpha value is -2.95. The molecule has 0 aliphatic carbocycles. The molecule has 0 saturated heterocycles. The zero-order valence-corrected chi connectivity index (χ0v) is 20.1. The minimum Gasteiger partial charge on any atom is -0.383 e. The summed E-state index contributed by atoms with van der Waals surface area (Å²) in [6.45, 7) is 0.827. The topological polar surface area (TPSA) is 84.9 Å². The van der Waals surface area contributed by atoms with E-state index in [9.17, 15) is 17.6 Å². The van der Waals surface area contributed by atoms with E-state index in [2.05, 4.69) is 21.2 Å². The van der Waals surface area contributed by atoms with Crippen molar-refractivity contribution in [2.24, 2.45) is 0 Å². The molecule has 0 fully saturated rings. The average Bonchev–Trinajstić information content (AvgIpc) is 2.77. The Morgan fingerprint density at radius 2 is 1.79 bits per heavy atom. The number of anilines is 1. The Bertz CT molecular complexity index is 1210. The van der Waals surface area contributed by atoms with Gasteiger partial charge in [0.25, 0.3) is 0 Å². The van der Waals surface area contributed by atoms with Gasteiger partial charge in [0, 0.05) is 30.4 Å². The summed E-state index contributed by atoms with van der Waals surface area (Å²) in [5.74, 6) is -0.468. The third-order valence-electron chi connectivity index (χ3n) is 4.51. The zero-order chi connectivity index (χ0) is 23.8. The van der Waals surface area contributed by atoms with E-state index in [0.717, 1.165) is 28.7 Å². The zero-order valence-electron chi connectivity index (χ0n) is 17.7. The van der Waals surface area contributed by atoms with Gasteiger partial charge in [-0.1, -0.05) is 34.1 Å². The van der Waals surface area contributed by atoms with E-state index in [4.69, 9.17) is 8.92 Å². The summed E-state index contributed by atoms with van der Waals surface area (Å²) in [7, 11) is -2.59. The van der Waals surface area contributed by atoms with E-state index >= 15 is 0 Å². The second-order valence-electron chi connectivity index (χ2n) is 6.99. The van der Waals surface area contributed by atoms with Crippen molar-refractivity contribution in [1.82, 2.24) is 4.90 Å². The first kappa shape index (κ1) is 24.7. The van der Waals surface area contributed by atoms with Gasteiger partial charge < -0.3 is 19.1 Å². The number of ether oxygens (including phenoxy) is 1. The molecular weight excluding hydrogens is 515 g/mol. The minimum absolute atomic E-state index is 0.0796. The fraction of sp³-hybridized carbons (Fsp3) is 0.174. The van der Waals surface area contributed by atoms with Crippen LogP contribution in [0.5, 0.6) is 5.75 Å². The van der Waals surface area contributed by atoms with Crippen LogP contribution in [0.2, 0.25) is 0 Å². The van der Waals surface area contributed by atoms with Crippen LogP contribution in [0.15, 0.2) is 82.2 Å². The number of nitrogens with one attached hydrogen (secondary N) is 1. The summed E-state index contributed by atoms with van der Waals surface area (Å²) >= 11 is 3.37. The predicted molar refractivity (Wildman–Crippen MR) is 126 cm³/mol. The monoisotopic (exact) mass is 536 g/mol. The number of methoxy groups -OCH3 is 1. The molecular formula is C23H22BrFN2O5S. The maximum absolute atomic E-state index is 13.1. The molecule has 0 spiro atoms. The first-order valence-electron chi connectivity index (χ1n) is 9.86. The van der Waals surface area contributed by atoms with Crippen LogP contribution in [0.4, 0.5) is 14.9 Å². The van der Waals surface area contributed by atoms with E-state index in [1.54, 1.807) is 31.4 Å². The van der Waals surface area contributed by atoms with Gasteiger partial charge in [0.05, 0.1) is 6.61 Å². The van der Waals surface area contributed by atoms with Gasteiger partial charge >= 0.3 is 16.1 Å². The molecule has 0 radical (unpaired) electrons. The number of halogens is 2. The van der Waals surface area contributed by atoms with Gasteiger partial charge in [-0.3, -0.25) is 0 Å². The molecule has 1 N–H and O–H groups in total. The standard InChI is InChI=1S/C23H22BrFN2O5S/c1-31-13-12-27(23(28)26-20-6-3-5-18(24)15-20)16-17-4-2-7-21(14-17)32-33(29,30)22-10-8-19(25)9-11-22/h2-11,14-15H,12-13,16H2,1H3,(H,26,28). The van der Waals surface area contributed by atoms with E-state index in [-0.39, 0.29) is 23.2 Å². The molecule has 3 aromatic rings. The van der Waals surface area contributed by atoms with Crippen molar-refractivity contribution in [2.45, 2.75) is 11.4 Å². The Morgan fingerprint density at radius 3 is 2.48 bits per heavy atom. The van der Waals surface area contributed by atoms with Gasteiger partial charge in [0.15, 0.2) is 0 Å². The average molecular weight is 537 g/mol. The lowest BCUT2D eigenvalue weighted by Gasteiger charge is -2.23. The van der Waals surface area contributed by atoms with Crippen molar-refractivity contribution >= 4 is 37.8 Å². The smallest absolute Gasteiger partial charge is 0.339 e. The second-order valence-corrected chi connectivity index (χ2v) is 9.46. The Kier molecular flexibility index (Phi) is 8.43. The number of urea groups is 1. The van der Waals surface area contributed by atoms with Crippen molar-refractivity contribution in [1.29, 1.82) is 0 Å².